The number of β-lactam (4-membered cyclic amide) rings is 1. The molecule has 3 aromatic rings. The highest BCUT2D eigenvalue weighted by molar-refractivity contribution is 6.32. The van der Waals surface area contributed by atoms with Gasteiger partial charge in [0.1, 0.15) is 10.7 Å². The van der Waals surface area contributed by atoms with Gasteiger partial charge in [-0.15, -0.1) is 0 Å². The number of aryl methyl sites for hydroxylation is 1. The molecular formula is C21H22ClN7O2. The van der Waals surface area contributed by atoms with Crippen LogP contribution >= 0.6 is 11.6 Å². The first-order chi connectivity index (χ1) is 15.0. The fourth-order valence-corrected chi connectivity index (χ4v) is 4.04. The molecule has 0 aliphatic carbocycles. The predicted molar refractivity (Wildman–Crippen MR) is 122 cm³/mol. The van der Waals surface area contributed by atoms with Crippen LogP contribution in [0, 0.1) is 0 Å². The summed E-state index contributed by atoms with van der Waals surface area (Å²) in [4.78, 5) is 37.2. The number of fused-ring (bicyclic) bond motifs is 1. The molecule has 4 heterocycles. The normalized spacial score (nSPS) is 16.5. The summed E-state index contributed by atoms with van der Waals surface area (Å²) >= 11 is 6.35. The molecule has 0 unspecified atom stereocenters. The molecule has 2 N–H and O–H groups in total. The van der Waals surface area contributed by atoms with E-state index in [2.05, 4.69) is 25.5 Å². The minimum atomic E-state index is -0.180. The largest absolute Gasteiger partial charge is 0.339 e. The molecule has 31 heavy (non-hydrogen) atoms. The Kier molecular flexibility index (Phi) is 4.99. The van der Waals surface area contributed by atoms with Gasteiger partial charge in [-0.05, 0) is 24.3 Å². The van der Waals surface area contributed by atoms with Crippen LogP contribution in [0.15, 0.2) is 35.3 Å². The van der Waals surface area contributed by atoms with Crippen molar-refractivity contribution in [3.63, 3.8) is 0 Å². The van der Waals surface area contributed by atoms with Crippen molar-refractivity contribution < 1.29 is 4.79 Å². The number of rotatable bonds is 4. The Labute approximate surface area is 183 Å². The molecule has 0 spiro atoms. The van der Waals surface area contributed by atoms with Crippen molar-refractivity contribution in [2.75, 3.05) is 47.8 Å². The van der Waals surface area contributed by atoms with E-state index in [1.165, 1.54) is 4.90 Å². The van der Waals surface area contributed by atoms with Crippen molar-refractivity contribution in [2.45, 2.75) is 6.42 Å². The molecule has 0 atom stereocenters. The lowest BCUT2D eigenvalue weighted by molar-refractivity contribution is -0.122. The molecule has 0 bridgehead atoms. The van der Waals surface area contributed by atoms with Crippen LogP contribution in [-0.4, -0.2) is 53.2 Å². The van der Waals surface area contributed by atoms with Crippen LogP contribution in [0.4, 0.5) is 23.1 Å². The van der Waals surface area contributed by atoms with Gasteiger partial charge < -0.3 is 25.0 Å². The zero-order chi connectivity index (χ0) is 21.5. The summed E-state index contributed by atoms with van der Waals surface area (Å²) in [5, 5.41) is 7.85. The molecular weight excluding hydrogens is 418 g/mol. The molecule has 2 aliphatic heterocycles. The number of carbonyl (C=O) groups excluding carboxylic acids is 1. The van der Waals surface area contributed by atoms with E-state index in [0.29, 0.717) is 35.4 Å². The third-order valence-corrected chi connectivity index (χ3v) is 6.02. The summed E-state index contributed by atoms with van der Waals surface area (Å²) in [5.74, 6) is 1.13. The first-order valence-electron chi connectivity index (χ1n) is 10.2. The number of nitrogens with one attached hydrogen (secondary N) is 2. The van der Waals surface area contributed by atoms with Crippen molar-refractivity contribution in [1.82, 2.24) is 19.9 Å². The van der Waals surface area contributed by atoms with Crippen LogP contribution in [0.1, 0.15) is 6.42 Å². The molecule has 2 fully saturated rings. The van der Waals surface area contributed by atoms with E-state index in [1.807, 2.05) is 18.2 Å². The number of nitrogens with zero attached hydrogens (tertiary/aromatic N) is 5. The van der Waals surface area contributed by atoms with E-state index >= 15 is 0 Å². The van der Waals surface area contributed by atoms with Crippen LogP contribution in [0.3, 0.4) is 0 Å². The van der Waals surface area contributed by atoms with Crippen LogP contribution in [0.2, 0.25) is 5.02 Å². The highest BCUT2D eigenvalue weighted by atomic mass is 35.5. The molecule has 2 aliphatic rings. The fraction of sp³-hybridized carbons (Fsp3) is 0.333. The van der Waals surface area contributed by atoms with Gasteiger partial charge in [-0.1, -0.05) is 11.6 Å². The van der Waals surface area contributed by atoms with Crippen molar-refractivity contribution in [1.29, 1.82) is 0 Å². The van der Waals surface area contributed by atoms with E-state index in [1.54, 1.807) is 23.9 Å². The highest BCUT2D eigenvalue weighted by Crippen LogP contribution is 2.28. The zero-order valence-electron chi connectivity index (χ0n) is 17.1. The maximum absolute atomic E-state index is 12.7. The first kappa shape index (κ1) is 19.8. The summed E-state index contributed by atoms with van der Waals surface area (Å²) in [7, 11) is 1.71. The third kappa shape index (κ3) is 3.60. The number of piperazine rings is 1. The van der Waals surface area contributed by atoms with Crippen molar-refractivity contribution in [3.8, 4) is 0 Å². The second-order valence-corrected chi connectivity index (χ2v) is 8.10. The topological polar surface area (TPSA) is 95.4 Å². The average Bonchev–Trinajstić information content (AvgIpc) is 2.78. The molecule has 2 aromatic heterocycles. The quantitative estimate of drug-likeness (QED) is 0.599. The lowest BCUT2D eigenvalue weighted by Gasteiger charge is -2.30. The summed E-state index contributed by atoms with van der Waals surface area (Å²) in [6.45, 7) is 4.02. The van der Waals surface area contributed by atoms with Crippen LogP contribution in [0.5, 0.6) is 0 Å². The van der Waals surface area contributed by atoms with Gasteiger partial charge in [0.15, 0.2) is 5.82 Å². The Hall–Kier alpha value is -3.17. The first-order valence-corrected chi connectivity index (χ1v) is 10.6. The second kappa shape index (κ2) is 7.82. The smallest absolute Gasteiger partial charge is 0.274 e. The molecule has 2 saturated heterocycles. The molecule has 5 rings (SSSR count). The number of amides is 1. The molecule has 160 valence electrons. The Morgan fingerprint density at radius 3 is 2.65 bits per heavy atom. The maximum atomic E-state index is 12.7. The SMILES string of the molecule is Cn1c(=O)c(N2CCC2=O)cc2cc(Nc3nc(N4CCNCC4)ncc3Cl)ccc21. The van der Waals surface area contributed by atoms with Gasteiger partial charge in [0.25, 0.3) is 5.56 Å². The van der Waals surface area contributed by atoms with E-state index < -0.39 is 0 Å². The number of carbonyl (C=O) groups is 1. The van der Waals surface area contributed by atoms with Gasteiger partial charge in [0.2, 0.25) is 11.9 Å². The van der Waals surface area contributed by atoms with E-state index in [0.717, 1.165) is 42.8 Å². The van der Waals surface area contributed by atoms with Crippen molar-refractivity contribution >= 4 is 51.6 Å². The zero-order valence-corrected chi connectivity index (χ0v) is 17.8. The van der Waals surface area contributed by atoms with Gasteiger partial charge >= 0.3 is 0 Å². The highest BCUT2D eigenvalue weighted by Gasteiger charge is 2.28. The van der Waals surface area contributed by atoms with Gasteiger partial charge in [-0.2, -0.15) is 4.98 Å². The Bertz CT molecular complexity index is 1240. The average molecular weight is 440 g/mol. The molecule has 1 amide bonds. The minimum absolute atomic E-state index is 0.0288. The van der Waals surface area contributed by atoms with Gasteiger partial charge in [0.05, 0.1) is 11.7 Å². The molecule has 0 radical (unpaired) electrons. The number of pyridine rings is 1. The van der Waals surface area contributed by atoms with Crippen molar-refractivity contribution in [3.05, 3.63) is 45.8 Å². The fourth-order valence-electron chi connectivity index (χ4n) is 3.91. The molecule has 10 heteroatoms. The lowest BCUT2D eigenvalue weighted by Crippen LogP contribution is -2.46. The van der Waals surface area contributed by atoms with Gasteiger partial charge in [-0.25, -0.2) is 4.98 Å². The van der Waals surface area contributed by atoms with Crippen LogP contribution in [-0.2, 0) is 11.8 Å². The summed E-state index contributed by atoms with van der Waals surface area (Å²) in [6, 6.07) is 7.44. The Morgan fingerprint density at radius 1 is 1.13 bits per heavy atom. The second-order valence-electron chi connectivity index (χ2n) is 7.69. The number of benzene rings is 1. The Morgan fingerprint density at radius 2 is 1.94 bits per heavy atom. The summed E-state index contributed by atoms with van der Waals surface area (Å²) in [6.07, 6.45) is 2.08. The van der Waals surface area contributed by atoms with E-state index in [9.17, 15) is 9.59 Å². The Balaban J connectivity index is 1.49. The number of hydrogen-bond donors (Lipinski definition) is 2. The monoisotopic (exact) mass is 439 g/mol. The predicted octanol–water partition coefficient (Wildman–Crippen LogP) is 1.87. The number of halogens is 1. The molecule has 9 nitrogen and oxygen atoms in total. The minimum Gasteiger partial charge on any atom is -0.339 e. The third-order valence-electron chi connectivity index (χ3n) is 5.74. The lowest BCUT2D eigenvalue weighted by atomic mass is 10.1. The standard InChI is InChI=1S/C21H22ClN7O2/c1-27-16-3-2-14(10-13(16)11-17(20(27)31)29-7-4-18(29)30)25-19-15(22)12-24-21(26-19)28-8-5-23-6-9-28/h2-3,10-12,23H,4-9H2,1H3,(H,24,25,26). The summed E-state index contributed by atoms with van der Waals surface area (Å²) in [5.41, 5.74) is 1.78. The van der Waals surface area contributed by atoms with E-state index in [-0.39, 0.29) is 11.5 Å². The molecule has 1 aromatic carbocycles. The number of hydrogen-bond acceptors (Lipinski definition) is 7. The number of anilines is 4. The van der Waals surface area contributed by atoms with Gasteiger partial charge in [-0.3, -0.25) is 9.59 Å². The van der Waals surface area contributed by atoms with Crippen LogP contribution < -0.4 is 26.0 Å². The summed E-state index contributed by atoms with van der Waals surface area (Å²) < 4.78 is 1.57. The van der Waals surface area contributed by atoms with Crippen molar-refractivity contribution in [2.24, 2.45) is 7.05 Å². The molecule has 0 saturated carbocycles. The van der Waals surface area contributed by atoms with Gasteiger partial charge in [0, 0.05) is 57.3 Å². The van der Waals surface area contributed by atoms with Crippen LogP contribution in [0.25, 0.3) is 10.9 Å². The van der Waals surface area contributed by atoms with E-state index in [4.69, 9.17) is 11.6 Å². The maximum Gasteiger partial charge on any atom is 0.274 e. The number of aromatic nitrogens is 3.